The molecule has 2 unspecified atom stereocenters. The molecule has 0 aliphatic carbocycles. The highest BCUT2D eigenvalue weighted by atomic mass is 16.5. The fourth-order valence-electron chi connectivity index (χ4n) is 4.26. The number of rotatable bonds is 8. The van der Waals surface area contributed by atoms with E-state index in [2.05, 4.69) is 55.1 Å². The average Bonchev–Trinajstić information content (AvgIpc) is 2.82. The average molecular weight is 418 g/mol. The molecule has 1 aliphatic heterocycles. The van der Waals surface area contributed by atoms with E-state index in [1.807, 2.05) is 24.3 Å². The van der Waals surface area contributed by atoms with Crippen LogP contribution in [0, 0.1) is 0 Å². The number of phenols is 1. The lowest BCUT2D eigenvalue weighted by Crippen LogP contribution is -2.27. The fraction of sp³-hybridized carbons (Fsp3) is 0.333. The minimum atomic E-state index is -0.124. The number of nitrogens with zero attached hydrogens (tertiary/aromatic N) is 1. The second kappa shape index (κ2) is 9.88. The van der Waals surface area contributed by atoms with Crippen LogP contribution in [0.3, 0.4) is 0 Å². The number of likely N-dealkylation sites (N-methyl/N-ethyl adjacent to an activating group) is 1. The van der Waals surface area contributed by atoms with E-state index in [0.29, 0.717) is 6.61 Å². The molecule has 162 valence electrons. The molecule has 0 saturated carbocycles. The van der Waals surface area contributed by atoms with E-state index in [1.165, 1.54) is 5.56 Å². The molecular weight excluding hydrogens is 386 g/mol. The summed E-state index contributed by atoms with van der Waals surface area (Å²) in [6.45, 7) is 8.02. The number of fused-ring (bicyclic) bond motifs is 1. The van der Waals surface area contributed by atoms with E-state index in [0.717, 1.165) is 48.7 Å². The van der Waals surface area contributed by atoms with Crippen LogP contribution in [-0.4, -0.2) is 36.2 Å². The van der Waals surface area contributed by atoms with Gasteiger partial charge in [0.1, 0.15) is 30.0 Å². The smallest absolute Gasteiger partial charge is 0.131 e. The van der Waals surface area contributed by atoms with Crippen LogP contribution < -0.4 is 9.47 Å². The maximum atomic E-state index is 9.92. The van der Waals surface area contributed by atoms with Crippen molar-refractivity contribution < 1.29 is 14.6 Å². The summed E-state index contributed by atoms with van der Waals surface area (Å²) in [5.74, 6) is 2.07. The monoisotopic (exact) mass is 417 g/mol. The zero-order chi connectivity index (χ0) is 21.6. The first-order valence-corrected chi connectivity index (χ1v) is 11.2. The Morgan fingerprint density at radius 2 is 1.68 bits per heavy atom. The summed E-state index contributed by atoms with van der Waals surface area (Å²) in [6, 6.07) is 24.2. The van der Waals surface area contributed by atoms with Gasteiger partial charge in [-0.1, -0.05) is 62.4 Å². The standard InChI is InChI=1S/C27H31NO3/c1-3-28(4-2)16-17-30-24-14-11-21(12-15-24)27-25(20-8-6-5-7-9-20)18-22-10-13-23(29)19-26(22)31-27/h5-15,19,25,27,29H,3-4,16-18H2,1-2H3. The van der Waals surface area contributed by atoms with Crippen LogP contribution in [-0.2, 0) is 6.42 Å². The molecule has 0 spiro atoms. The Balaban J connectivity index is 1.54. The number of benzene rings is 3. The molecule has 4 rings (SSSR count). The number of hydrogen-bond acceptors (Lipinski definition) is 4. The molecule has 2 atom stereocenters. The van der Waals surface area contributed by atoms with Crippen molar-refractivity contribution in [2.24, 2.45) is 0 Å². The van der Waals surface area contributed by atoms with Crippen LogP contribution in [0.5, 0.6) is 17.2 Å². The van der Waals surface area contributed by atoms with Crippen molar-refractivity contribution in [3.63, 3.8) is 0 Å². The van der Waals surface area contributed by atoms with Gasteiger partial charge in [-0.25, -0.2) is 0 Å². The molecule has 0 saturated heterocycles. The predicted octanol–water partition coefficient (Wildman–Crippen LogP) is 5.57. The molecule has 0 radical (unpaired) electrons. The van der Waals surface area contributed by atoms with Crippen LogP contribution in [0.2, 0.25) is 0 Å². The second-order valence-corrected chi connectivity index (χ2v) is 8.00. The predicted molar refractivity (Wildman–Crippen MR) is 124 cm³/mol. The minimum absolute atomic E-state index is 0.124. The van der Waals surface area contributed by atoms with Crippen LogP contribution in [0.25, 0.3) is 0 Å². The van der Waals surface area contributed by atoms with Gasteiger partial charge < -0.3 is 19.5 Å². The van der Waals surface area contributed by atoms with Gasteiger partial charge in [-0.15, -0.1) is 0 Å². The molecule has 4 nitrogen and oxygen atoms in total. The van der Waals surface area contributed by atoms with Gasteiger partial charge in [0.2, 0.25) is 0 Å². The van der Waals surface area contributed by atoms with Gasteiger partial charge in [-0.05, 0) is 54.4 Å². The third-order valence-corrected chi connectivity index (χ3v) is 6.12. The molecule has 1 N–H and O–H groups in total. The Morgan fingerprint density at radius 1 is 0.935 bits per heavy atom. The van der Waals surface area contributed by atoms with E-state index in [-0.39, 0.29) is 17.8 Å². The Hall–Kier alpha value is -2.98. The molecule has 31 heavy (non-hydrogen) atoms. The first-order valence-electron chi connectivity index (χ1n) is 11.2. The zero-order valence-corrected chi connectivity index (χ0v) is 18.3. The van der Waals surface area contributed by atoms with Crippen molar-refractivity contribution in [3.05, 3.63) is 89.5 Å². The van der Waals surface area contributed by atoms with Gasteiger partial charge in [0.15, 0.2) is 0 Å². The van der Waals surface area contributed by atoms with Crippen LogP contribution >= 0.6 is 0 Å². The largest absolute Gasteiger partial charge is 0.508 e. The van der Waals surface area contributed by atoms with Gasteiger partial charge in [-0.3, -0.25) is 0 Å². The first-order chi connectivity index (χ1) is 15.2. The molecule has 4 heteroatoms. The van der Waals surface area contributed by atoms with Gasteiger partial charge in [0.05, 0.1) is 0 Å². The summed E-state index contributed by atoms with van der Waals surface area (Å²) in [6.07, 6.45) is 0.744. The van der Waals surface area contributed by atoms with Crippen molar-refractivity contribution in [2.75, 3.05) is 26.2 Å². The summed E-state index contributed by atoms with van der Waals surface area (Å²) in [5.41, 5.74) is 3.49. The Bertz CT molecular complexity index is 968. The third-order valence-electron chi connectivity index (χ3n) is 6.12. The molecule has 3 aromatic carbocycles. The Kier molecular flexibility index (Phi) is 6.78. The molecule has 1 heterocycles. The molecule has 0 bridgehead atoms. The van der Waals surface area contributed by atoms with Gasteiger partial charge in [-0.2, -0.15) is 0 Å². The number of aromatic hydroxyl groups is 1. The van der Waals surface area contributed by atoms with Crippen LogP contribution in [0.15, 0.2) is 72.8 Å². The van der Waals surface area contributed by atoms with Gasteiger partial charge in [0.25, 0.3) is 0 Å². The summed E-state index contributed by atoms with van der Waals surface area (Å²) in [7, 11) is 0. The number of phenolic OH excluding ortho intramolecular Hbond substituents is 1. The quantitative estimate of drug-likeness (QED) is 0.520. The molecule has 0 fully saturated rings. The molecule has 3 aromatic rings. The van der Waals surface area contributed by atoms with Crippen molar-refractivity contribution in [2.45, 2.75) is 32.3 Å². The highest BCUT2D eigenvalue weighted by Gasteiger charge is 2.32. The molecule has 0 aromatic heterocycles. The normalized spacial score (nSPS) is 17.8. The summed E-state index contributed by atoms with van der Waals surface area (Å²) in [5, 5.41) is 9.92. The maximum Gasteiger partial charge on any atom is 0.131 e. The lowest BCUT2D eigenvalue weighted by Gasteiger charge is -2.34. The van der Waals surface area contributed by atoms with Crippen molar-refractivity contribution in [3.8, 4) is 17.2 Å². The summed E-state index contributed by atoms with van der Waals surface area (Å²) >= 11 is 0. The summed E-state index contributed by atoms with van der Waals surface area (Å²) in [4.78, 5) is 2.35. The molecule has 0 amide bonds. The summed E-state index contributed by atoms with van der Waals surface area (Å²) < 4.78 is 12.4. The van der Waals surface area contributed by atoms with Gasteiger partial charge >= 0.3 is 0 Å². The maximum absolute atomic E-state index is 9.92. The lowest BCUT2D eigenvalue weighted by molar-refractivity contribution is 0.151. The van der Waals surface area contributed by atoms with E-state index in [1.54, 1.807) is 12.1 Å². The molecular formula is C27H31NO3. The number of ether oxygens (including phenoxy) is 2. The van der Waals surface area contributed by atoms with E-state index in [4.69, 9.17) is 9.47 Å². The topological polar surface area (TPSA) is 41.9 Å². The second-order valence-electron chi connectivity index (χ2n) is 8.00. The van der Waals surface area contributed by atoms with Crippen LogP contribution in [0.1, 0.15) is 42.6 Å². The van der Waals surface area contributed by atoms with E-state index < -0.39 is 0 Å². The highest BCUT2D eigenvalue weighted by molar-refractivity contribution is 5.45. The Labute approximate surface area is 185 Å². The van der Waals surface area contributed by atoms with Crippen molar-refractivity contribution >= 4 is 0 Å². The first kappa shape index (κ1) is 21.3. The van der Waals surface area contributed by atoms with E-state index in [9.17, 15) is 5.11 Å². The van der Waals surface area contributed by atoms with Crippen molar-refractivity contribution in [1.29, 1.82) is 0 Å². The highest BCUT2D eigenvalue weighted by Crippen LogP contribution is 2.45. The number of hydrogen-bond donors (Lipinski definition) is 1. The lowest BCUT2D eigenvalue weighted by atomic mass is 9.82. The fourth-order valence-corrected chi connectivity index (χ4v) is 4.26. The van der Waals surface area contributed by atoms with Gasteiger partial charge in [0, 0.05) is 18.5 Å². The molecule has 1 aliphatic rings. The van der Waals surface area contributed by atoms with Crippen LogP contribution in [0.4, 0.5) is 0 Å². The SMILES string of the molecule is CCN(CC)CCOc1ccc(C2Oc3cc(O)ccc3CC2c2ccccc2)cc1. The minimum Gasteiger partial charge on any atom is -0.508 e. The van der Waals surface area contributed by atoms with E-state index >= 15 is 0 Å². The zero-order valence-electron chi connectivity index (χ0n) is 18.3. The third kappa shape index (κ3) is 5.02. The van der Waals surface area contributed by atoms with Crippen molar-refractivity contribution in [1.82, 2.24) is 4.90 Å². The Morgan fingerprint density at radius 3 is 2.39 bits per heavy atom.